The van der Waals surface area contributed by atoms with Crippen molar-refractivity contribution in [2.24, 2.45) is 5.92 Å². The third-order valence-corrected chi connectivity index (χ3v) is 4.54. The fourth-order valence-corrected chi connectivity index (χ4v) is 3.16. The molecule has 27 heavy (non-hydrogen) atoms. The number of aromatic amines is 1. The highest BCUT2D eigenvalue weighted by Gasteiger charge is 2.37. The molecule has 142 valence electrons. The largest absolute Gasteiger partial charge is 0.444 e. The lowest BCUT2D eigenvalue weighted by Crippen LogP contribution is -2.36. The Morgan fingerprint density at radius 1 is 1.37 bits per heavy atom. The van der Waals surface area contributed by atoms with Crippen LogP contribution in [-0.4, -0.2) is 26.8 Å². The number of carbonyl (C=O) groups excluding carboxylic acids is 1. The molecule has 0 radical (unpaired) electrons. The van der Waals surface area contributed by atoms with Crippen LogP contribution in [0.2, 0.25) is 0 Å². The van der Waals surface area contributed by atoms with Gasteiger partial charge in [0.1, 0.15) is 5.60 Å². The van der Waals surface area contributed by atoms with Gasteiger partial charge in [-0.3, -0.25) is 0 Å². The predicted octanol–water partition coefficient (Wildman–Crippen LogP) is 4.12. The van der Waals surface area contributed by atoms with E-state index in [0.29, 0.717) is 24.1 Å². The molecular weight excluding hydrogens is 344 g/mol. The minimum Gasteiger partial charge on any atom is -0.444 e. The summed E-state index contributed by atoms with van der Waals surface area (Å²) in [5.41, 5.74) is 1.63. The molecule has 7 nitrogen and oxygen atoms in total. The Hall–Kier alpha value is -2.83. The van der Waals surface area contributed by atoms with Crippen LogP contribution in [0.25, 0.3) is 10.9 Å². The molecule has 7 heteroatoms. The average Bonchev–Trinajstić information content (AvgIpc) is 3.21. The van der Waals surface area contributed by atoms with Gasteiger partial charge in [0, 0.05) is 17.1 Å². The summed E-state index contributed by atoms with van der Waals surface area (Å²) >= 11 is 0. The molecule has 0 spiro atoms. The molecule has 1 aliphatic rings. The van der Waals surface area contributed by atoms with Crippen LogP contribution in [0.4, 0.5) is 4.79 Å². The third kappa shape index (κ3) is 4.13. The van der Waals surface area contributed by atoms with Gasteiger partial charge >= 0.3 is 6.09 Å². The van der Waals surface area contributed by atoms with Crippen molar-refractivity contribution in [1.29, 1.82) is 0 Å². The number of ether oxygens (including phenoxy) is 1. The summed E-state index contributed by atoms with van der Waals surface area (Å²) in [6, 6.07) is 7.82. The molecule has 1 unspecified atom stereocenters. The highest BCUT2D eigenvalue weighted by molar-refractivity contribution is 5.83. The van der Waals surface area contributed by atoms with E-state index >= 15 is 0 Å². The summed E-state index contributed by atoms with van der Waals surface area (Å²) in [7, 11) is 0. The molecule has 2 aromatic heterocycles. The minimum atomic E-state index is -0.546. The molecule has 0 saturated heterocycles. The first kappa shape index (κ1) is 17.6. The summed E-state index contributed by atoms with van der Waals surface area (Å²) in [5.74, 6) is 1.38. The van der Waals surface area contributed by atoms with Crippen LogP contribution in [-0.2, 0) is 11.2 Å². The molecule has 2 N–H and O–H groups in total. The normalized spacial score (nSPS) is 15.7. The van der Waals surface area contributed by atoms with E-state index < -0.39 is 11.7 Å². The van der Waals surface area contributed by atoms with Crippen LogP contribution in [0.1, 0.15) is 56.9 Å². The van der Waals surface area contributed by atoms with E-state index in [1.807, 2.05) is 45.2 Å². The Kier molecular flexibility index (Phi) is 4.37. The van der Waals surface area contributed by atoms with Gasteiger partial charge in [0.2, 0.25) is 5.89 Å². The van der Waals surface area contributed by atoms with Crippen molar-refractivity contribution >= 4 is 17.0 Å². The first-order valence-corrected chi connectivity index (χ1v) is 9.26. The summed E-state index contributed by atoms with van der Waals surface area (Å²) < 4.78 is 10.8. The number of hydrogen-bond donors (Lipinski definition) is 2. The molecule has 1 aromatic carbocycles. The first-order valence-electron chi connectivity index (χ1n) is 9.26. The maximum Gasteiger partial charge on any atom is 0.408 e. The fourth-order valence-electron chi connectivity index (χ4n) is 3.16. The number of aromatic nitrogens is 3. The van der Waals surface area contributed by atoms with Crippen molar-refractivity contribution < 1.29 is 14.1 Å². The summed E-state index contributed by atoms with van der Waals surface area (Å²) in [5, 5.41) is 8.16. The standard InChI is InChI=1S/C20H24N4O3/c1-20(2,3)26-19(25)23-17(12-8-9-12)18-22-16(27-24-18)10-13-11-21-15-7-5-4-6-14(13)15/h4-7,11-12,17,21H,8-10H2,1-3H3,(H,23,25). The second-order valence-corrected chi connectivity index (χ2v) is 8.04. The van der Waals surface area contributed by atoms with Gasteiger partial charge in [0.25, 0.3) is 0 Å². The maximum atomic E-state index is 12.2. The Morgan fingerprint density at radius 3 is 2.89 bits per heavy atom. The number of nitrogens with zero attached hydrogens (tertiary/aromatic N) is 2. The topological polar surface area (TPSA) is 93.0 Å². The van der Waals surface area contributed by atoms with Crippen LogP contribution >= 0.6 is 0 Å². The summed E-state index contributed by atoms with van der Waals surface area (Å²) in [6.45, 7) is 5.52. The predicted molar refractivity (Wildman–Crippen MR) is 100 cm³/mol. The van der Waals surface area contributed by atoms with Gasteiger partial charge in [0.05, 0.1) is 12.5 Å². The summed E-state index contributed by atoms with van der Waals surface area (Å²) in [4.78, 5) is 20.0. The molecule has 1 saturated carbocycles. The van der Waals surface area contributed by atoms with Gasteiger partial charge in [-0.25, -0.2) is 4.79 Å². The Labute approximate surface area is 157 Å². The third-order valence-electron chi connectivity index (χ3n) is 4.54. The molecule has 0 aliphatic heterocycles. The maximum absolute atomic E-state index is 12.2. The van der Waals surface area contributed by atoms with Gasteiger partial charge in [-0.2, -0.15) is 4.98 Å². The van der Waals surface area contributed by atoms with Gasteiger partial charge in [-0.05, 0) is 51.2 Å². The second kappa shape index (κ2) is 6.72. The smallest absolute Gasteiger partial charge is 0.408 e. The zero-order chi connectivity index (χ0) is 19.0. The lowest BCUT2D eigenvalue weighted by Gasteiger charge is -2.22. The van der Waals surface area contributed by atoms with Crippen LogP contribution in [0.3, 0.4) is 0 Å². The molecule has 3 aromatic rings. The van der Waals surface area contributed by atoms with E-state index in [4.69, 9.17) is 9.26 Å². The Balaban J connectivity index is 1.49. The zero-order valence-corrected chi connectivity index (χ0v) is 15.8. The lowest BCUT2D eigenvalue weighted by atomic mass is 10.1. The van der Waals surface area contributed by atoms with E-state index in [1.54, 1.807) is 0 Å². The van der Waals surface area contributed by atoms with E-state index in [9.17, 15) is 4.79 Å². The Morgan fingerprint density at radius 2 is 2.15 bits per heavy atom. The van der Waals surface area contributed by atoms with Gasteiger partial charge < -0.3 is 19.6 Å². The number of para-hydroxylation sites is 1. The van der Waals surface area contributed by atoms with Crippen LogP contribution < -0.4 is 5.32 Å². The quantitative estimate of drug-likeness (QED) is 0.707. The van der Waals surface area contributed by atoms with E-state index in [1.165, 1.54) is 0 Å². The van der Waals surface area contributed by atoms with Gasteiger partial charge in [-0.1, -0.05) is 23.4 Å². The number of alkyl carbamates (subject to hydrolysis) is 1. The molecule has 1 fully saturated rings. The molecule has 2 heterocycles. The number of nitrogens with one attached hydrogen (secondary N) is 2. The lowest BCUT2D eigenvalue weighted by molar-refractivity contribution is 0.0494. The van der Waals surface area contributed by atoms with Crippen LogP contribution in [0.15, 0.2) is 35.0 Å². The SMILES string of the molecule is CC(C)(C)OC(=O)NC(c1noc(Cc2c[nH]c3ccccc23)n1)C1CC1. The number of amides is 1. The molecule has 1 atom stereocenters. The van der Waals surface area contributed by atoms with Crippen molar-refractivity contribution in [1.82, 2.24) is 20.4 Å². The van der Waals surface area contributed by atoms with E-state index in [2.05, 4.69) is 26.5 Å². The van der Waals surface area contributed by atoms with Crippen molar-refractivity contribution in [3.05, 3.63) is 47.7 Å². The molecular formula is C20H24N4O3. The number of fused-ring (bicyclic) bond motifs is 1. The fraction of sp³-hybridized carbons (Fsp3) is 0.450. The second-order valence-electron chi connectivity index (χ2n) is 8.04. The summed E-state index contributed by atoms with van der Waals surface area (Å²) in [6.07, 6.45) is 4.12. The molecule has 0 bridgehead atoms. The Bertz CT molecular complexity index is 949. The average molecular weight is 368 g/mol. The van der Waals surface area contributed by atoms with Gasteiger partial charge in [0.15, 0.2) is 5.82 Å². The van der Waals surface area contributed by atoms with Crippen molar-refractivity contribution in [3.63, 3.8) is 0 Å². The van der Waals surface area contributed by atoms with Gasteiger partial charge in [-0.15, -0.1) is 0 Å². The molecule has 4 rings (SSSR count). The van der Waals surface area contributed by atoms with Crippen molar-refractivity contribution in [2.45, 2.75) is 51.7 Å². The van der Waals surface area contributed by atoms with E-state index in [0.717, 1.165) is 29.3 Å². The highest BCUT2D eigenvalue weighted by Crippen LogP contribution is 2.40. The number of benzene rings is 1. The molecule has 1 aliphatic carbocycles. The van der Waals surface area contributed by atoms with Crippen molar-refractivity contribution in [2.75, 3.05) is 0 Å². The number of carbonyl (C=O) groups is 1. The van der Waals surface area contributed by atoms with Crippen molar-refractivity contribution in [3.8, 4) is 0 Å². The van der Waals surface area contributed by atoms with Crippen LogP contribution in [0.5, 0.6) is 0 Å². The zero-order valence-electron chi connectivity index (χ0n) is 15.8. The number of H-pyrrole nitrogens is 1. The van der Waals surface area contributed by atoms with Crippen LogP contribution in [0, 0.1) is 5.92 Å². The van der Waals surface area contributed by atoms with E-state index in [-0.39, 0.29) is 6.04 Å². The number of hydrogen-bond acceptors (Lipinski definition) is 5. The molecule has 1 amide bonds. The monoisotopic (exact) mass is 368 g/mol. The highest BCUT2D eigenvalue weighted by atomic mass is 16.6. The first-order chi connectivity index (χ1) is 12.9. The minimum absolute atomic E-state index is 0.277. The number of rotatable bonds is 5.